The van der Waals surface area contributed by atoms with Crippen LogP contribution in [0, 0.1) is 18.6 Å². The van der Waals surface area contributed by atoms with Gasteiger partial charge in [-0.3, -0.25) is 0 Å². The van der Waals surface area contributed by atoms with Gasteiger partial charge in [-0.15, -0.1) is 0 Å². The molecule has 0 bridgehead atoms. The highest BCUT2D eigenvalue weighted by Crippen LogP contribution is 2.40. The maximum atomic E-state index is 13.8. The monoisotopic (exact) mass is 274 g/mol. The third kappa shape index (κ3) is 2.07. The average Bonchev–Trinajstić information content (AvgIpc) is 2.59. The van der Waals surface area contributed by atoms with Gasteiger partial charge in [-0.1, -0.05) is 22.0 Å². The highest BCUT2D eigenvalue weighted by atomic mass is 79.9. The molecule has 1 aromatic rings. The molecule has 0 heterocycles. The smallest absolute Gasteiger partial charge is 0.132 e. The van der Waals surface area contributed by atoms with Crippen LogP contribution in [0.2, 0.25) is 0 Å². The van der Waals surface area contributed by atoms with Gasteiger partial charge in [-0.2, -0.15) is 0 Å². The Kier molecular flexibility index (Phi) is 3.10. The lowest BCUT2D eigenvalue weighted by molar-refractivity contribution is 0.520. The first-order valence-electron chi connectivity index (χ1n) is 5.18. The van der Waals surface area contributed by atoms with Gasteiger partial charge in [0.15, 0.2) is 0 Å². The Morgan fingerprint density at radius 1 is 1.27 bits per heavy atom. The van der Waals surface area contributed by atoms with Gasteiger partial charge in [0, 0.05) is 10.4 Å². The summed E-state index contributed by atoms with van der Waals surface area (Å²) in [5.41, 5.74) is 0.821. The lowest BCUT2D eigenvalue weighted by Gasteiger charge is -2.13. The molecule has 1 fully saturated rings. The Bertz CT molecular complexity index is 376. The molecule has 2 rings (SSSR count). The molecule has 15 heavy (non-hydrogen) atoms. The summed E-state index contributed by atoms with van der Waals surface area (Å²) >= 11 is 3.50. The topological polar surface area (TPSA) is 0 Å². The Balaban J connectivity index is 2.39. The zero-order valence-electron chi connectivity index (χ0n) is 8.56. The van der Waals surface area contributed by atoms with Crippen LogP contribution in [0.5, 0.6) is 0 Å². The van der Waals surface area contributed by atoms with E-state index in [9.17, 15) is 8.78 Å². The summed E-state index contributed by atoms with van der Waals surface area (Å²) in [5.74, 6) is -0.722. The largest absolute Gasteiger partial charge is 0.207 e. The van der Waals surface area contributed by atoms with Crippen molar-refractivity contribution in [3.05, 3.63) is 34.9 Å². The molecule has 0 radical (unpaired) electrons. The van der Waals surface area contributed by atoms with Crippen molar-refractivity contribution >= 4 is 15.9 Å². The minimum atomic E-state index is -0.398. The number of alkyl halides is 1. The minimum Gasteiger partial charge on any atom is -0.207 e. The molecule has 0 amide bonds. The van der Waals surface area contributed by atoms with Crippen molar-refractivity contribution in [1.82, 2.24) is 0 Å². The van der Waals surface area contributed by atoms with Crippen molar-refractivity contribution in [2.24, 2.45) is 0 Å². The molecule has 1 saturated carbocycles. The van der Waals surface area contributed by atoms with Gasteiger partial charge < -0.3 is 0 Å². The summed E-state index contributed by atoms with van der Waals surface area (Å²) in [6.45, 7) is 1.68. The van der Waals surface area contributed by atoms with Crippen LogP contribution in [-0.2, 0) is 0 Å². The van der Waals surface area contributed by atoms with Crippen molar-refractivity contribution in [3.8, 4) is 0 Å². The fraction of sp³-hybridized carbons (Fsp3) is 0.500. The number of rotatable bonds is 1. The van der Waals surface area contributed by atoms with Crippen molar-refractivity contribution in [3.63, 3.8) is 0 Å². The summed E-state index contributed by atoms with van der Waals surface area (Å²) < 4.78 is 27.3. The molecule has 0 N–H and O–H groups in total. The lowest BCUT2D eigenvalue weighted by Crippen LogP contribution is -2.03. The number of hydrogen-bond acceptors (Lipinski definition) is 0. The Labute approximate surface area is 96.8 Å². The van der Waals surface area contributed by atoms with Crippen LogP contribution >= 0.6 is 15.9 Å². The van der Waals surface area contributed by atoms with Crippen LogP contribution in [-0.4, -0.2) is 4.83 Å². The molecule has 0 spiro atoms. The van der Waals surface area contributed by atoms with Crippen LogP contribution in [0.1, 0.15) is 36.3 Å². The Morgan fingerprint density at radius 3 is 2.60 bits per heavy atom. The molecule has 0 saturated heterocycles. The third-order valence-corrected chi connectivity index (χ3v) is 3.93. The normalized spacial score (nSPS) is 25.9. The maximum absolute atomic E-state index is 13.8. The Morgan fingerprint density at radius 2 is 2.00 bits per heavy atom. The second-order valence-corrected chi connectivity index (χ2v) is 5.49. The summed E-state index contributed by atoms with van der Waals surface area (Å²) in [6.07, 6.45) is 2.70. The Hall–Kier alpha value is -0.440. The average molecular weight is 275 g/mol. The van der Waals surface area contributed by atoms with Gasteiger partial charge in [0.2, 0.25) is 0 Å². The van der Waals surface area contributed by atoms with Crippen molar-refractivity contribution in [2.75, 3.05) is 0 Å². The molecule has 1 aromatic carbocycles. The van der Waals surface area contributed by atoms with Crippen molar-refractivity contribution in [1.29, 1.82) is 0 Å². The van der Waals surface area contributed by atoms with Gasteiger partial charge in [0.25, 0.3) is 0 Å². The van der Waals surface area contributed by atoms with E-state index in [4.69, 9.17) is 0 Å². The maximum Gasteiger partial charge on any atom is 0.132 e. The molecule has 82 valence electrons. The highest BCUT2D eigenvalue weighted by Gasteiger charge is 2.28. The predicted octanol–water partition coefficient (Wildman–Crippen LogP) is 4.30. The fourth-order valence-electron chi connectivity index (χ4n) is 2.24. The molecule has 3 heteroatoms. The van der Waals surface area contributed by atoms with E-state index in [1.807, 2.05) is 0 Å². The van der Waals surface area contributed by atoms with Crippen LogP contribution in [0.3, 0.4) is 0 Å². The number of aryl methyl sites for hydroxylation is 1. The first-order chi connectivity index (χ1) is 7.09. The molecule has 1 aliphatic rings. The van der Waals surface area contributed by atoms with Crippen LogP contribution in [0.4, 0.5) is 8.78 Å². The molecular weight excluding hydrogens is 262 g/mol. The number of halogens is 3. The molecule has 0 nitrogen and oxygen atoms in total. The second kappa shape index (κ2) is 4.20. The quantitative estimate of drug-likeness (QED) is 0.670. The van der Waals surface area contributed by atoms with E-state index in [0.29, 0.717) is 10.4 Å². The van der Waals surface area contributed by atoms with Crippen molar-refractivity contribution in [2.45, 2.75) is 36.9 Å². The molecule has 1 aliphatic carbocycles. The molecular formula is C12H13BrF2. The zero-order chi connectivity index (χ0) is 11.0. The highest BCUT2D eigenvalue weighted by molar-refractivity contribution is 9.09. The molecule has 0 aliphatic heterocycles. The van der Waals surface area contributed by atoms with E-state index in [1.165, 1.54) is 12.1 Å². The van der Waals surface area contributed by atoms with E-state index in [-0.39, 0.29) is 17.3 Å². The van der Waals surface area contributed by atoms with Gasteiger partial charge >= 0.3 is 0 Å². The zero-order valence-corrected chi connectivity index (χ0v) is 10.2. The van der Waals surface area contributed by atoms with E-state index < -0.39 is 5.82 Å². The summed E-state index contributed by atoms with van der Waals surface area (Å²) in [4.78, 5) is 0.404. The van der Waals surface area contributed by atoms with Crippen LogP contribution in [0.15, 0.2) is 12.1 Å². The van der Waals surface area contributed by atoms with Gasteiger partial charge in [0.1, 0.15) is 11.6 Å². The molecule has 2 unspecified atom stereocenters. The van der Waals surface area contributed by atoms with E-state index in [0.717, 1.165) is 19.3 Å². The number of benzene rings is 1. The van der Waals surface area contributed by atoms with E-state index >= 15 is 0 Å². The van der Waals surface area contributed by atoms with E-state index in [1.54, 1.807) is 6.92 Å². The van der Waals surface area contributed by atoms with Crippen molar-refractivity contribution < 1.29 is 8.78 Å². The standard InChI is InChI=1S/C12H13BrF2/c1-7-2-5-10(14)11(12(7)15)8-3-4-9(13)6-8/h2,5,8-9H,3-4,6H2,1H3. The van der Waals surface area contributed by atoms with Gasteiger partial charge in [0.05, 0.1) is 0 Å². The summed E-state index contributed by atoms with van der Waals surface area (Å²) in [5, 5.41) is 0. The van der Waals surface area contributed by atoms with E-state index in [2.05, 4.69) is 15.9 Å². The van der Waals surface area contributed by atoms with Crippen LogP contribution in [0.25, 0.3) is 0 Å². The second-order valence-electron chi connectivity index (χ2n) is 4.20. The summed E-state index contributed by atoms with van der Waals surface area (Å²) in [6, 6.07) is 2.87. The SMILES string of the molecule is Cc1ccc(F)c(C2CCC(Br)C2)c1F. The van der Waals surface area contributed by atoms with Crippen LogP contribution < -0.4 is 0 Å². The third-order valence-electron chi connectivity index (χ3n) is 3.10. The first-order valence-corrected chi connectivity index (χ1v) is 6.09. The lowest BCUT2D eigenvalue weighted by atomic mass is 9.95. The predicted molar refractivity (Wildman–Crippen MR) is 60.4 cm³/mol. The molecule has 2 atom stereocenters. The van der Waals surface area contributed by atoms with Gasteiger partial charge in [-0.25, -0.2) is 8.78 Å². The van der Waals surface area contributed by atoms with Gasteiger partial charge in [-0.05, 0) is 43.7 Å². The molecule has 0 aromatic heterocycles. The summed E-state index contributed by atoms with van der Waals surface area (Å²) in [7, 11) is 0. The first kappa shape index (κ1) is 11.1. The fourth-order valence-corrected chi connectivity index (χ4v) is 2.96. The minimum absolute atomic E-state index is 0.0364. The number of hydrogen-bond donors (Lipinski definition) is 0.